The van der Waals surface area contributed by atoms with Gasteiger partial charge in [0.05, 0.1) is 0 Å². The van der Waals surface area contributed by atoms with Gasteiger partial charge in [-0.05, 0) is 0 Å². The van der Waals surface area contributed by atoms with Crippen LogP contribution in [0.3, 0.4) is 0 Å². The van der Waals surface area contributed by atoms with Crippen molar-refractivity contribution < 1.29 is 9.59 Å². The summed E-state index contributed by atoms with van der Waals surface area (Å²) in [7, 11) is 4.97. The summed E-state index contributed by atoms with van der Waals surface area (Å²) in [5.74, 6) is -0.421. The minimum Gasteiger partial charge on any atom is -0.370 e. The van der Waals surface area contributed by atoms with Crippen molar-refractivity contribution in [2.45, 2.75) is 6.42 Å². The molecule has 6 nitrogen and oxygen atoms in total. The molecule has 0 heterocycles. The molecule has 76 valence electrons. The molecule has 0 saturated heterocycles. The summed E-state index contributed by atoms with van der Waals surface area (Å²) in [5.41, 5.74) is 4.97. The molecule has 0 aromatic carbocycles. The molecule has 0 fully saturated rings. The van der Waals surface area contributed by atoms with Crippen LogP contribution in [0, 0.1) is 0 Å². The number of primary amides is 1. The molecular weight excluding hydrogens is 172 g/mol. The summed E-state index contributed by atoms with van der Waals surface area (Å²) < 4.78 is 0. The van der Waals surface area contributed by atoms with Gasteiger partial charge in [0.15, 0.2) is 0 Å². The zero-order valence-corrected chi connectivity index (χ0v) is 8.20. The maximum Gasteiger partial charge on any atom is 0.331 e. The highest BCUT2D eigenvalue weighted by molar-refractivity contribution is 5.76. The predicted molar refractivity (Wildman–Crippen MR) is 48.7 cm³/mol. The van der Waals surface area contributed by atoms with E-state index in [1.54, 1.807) is 19.1 Å². The summed E-state index contributed by atoms with van der Waals surface area (Å²) in [6, 6.07) is -0.258. The van der Waals surface area contributed by atoms with Crippen molar-refractivity contribution in [2.24, 2.45) is 5.73 Å². The van der Waals surface area contributed by atoms with Crippen LogP contribution in [0.25, 0.3) is 0 Å². The Balaban J connectivity index is 4.10. The van der Waals surface area contributed by atoms with E-state index in [0.717, 1.165) is 0 Å². The standard InChI is InChI=1S/C7H16N4O2/c1-9-7(13)11(10(2)3)5-4-6(8)12/h4-5H2,1-3H3,(H2,8,12)(H,9,13). The van der Waals surface area contributed by atoms with Gasteiger partial charge in [-0.1, -0.05) is 0 Å². The van der Waals surface area contributed by atoms with Gasteiger partial charge in [0.1, 0.15) is 0 Å². The molecule has 6 heteroatoms. The van der Waals surface area contributed by atoms with E-state index in [-0.39, 0.29) is 12.5 Å². The van der Waals surface area contributed by atoms with Crippen LogP contribution in [-0.2, 0) is 4.79 Å². The van der Waals surface area contributed by atoms with Crippen LogP contribution in [0.2, 0.25) is 0 Å². The molecule has 0 saturated carbocycles. The lowest BCUT2D eigenvalue weighted by atomic mass is 10.4. The highest BCUT2D eigenvalue weighted by Crippen LogP contribution is 1.94. The fraction of sp³-hybridized carbons (Fsp3) is 0.714. The highest BCUT2D eigenvalue weighted by Gasteiger charge is 2.14. The first-order valence-corrected chi connectivity index (χ1v) is 3.93. The van der Waals surface area contributed by atoms with Crippen LogP contribution >= 0.6 is 0 Å². The van der Waals surface area contributed by atoms with Gasteiger partial charge in [0.25, 0.3) is 0 Å². The quantitative estimate of drug-likeness (QED) is 0.554. The maximum absolute atomic E-state index is 11.2. The molecule has 3 N–H and O–H groups in total. The number of hydrazine groups is 1. The van der Waals surface area contributed by atoms with Crippen LogP contribution in [0.5, 0.6) is 0 Å². The fourth-order valence-corrected chi connectivity index (χ4v) is 0.828. The lowest BCUT2D eigenvalue weighted by Gasteiger charge is -2.27. The third kappa shape index (κ3) is 4.32. The molecule has 0 aromatic heterocycles. The van der Waals surface area contributed by atoms with Gasteiger partial charge in [-0.2, -0.15) is 0 Å². The Morgan fingerprint density at radius 3 is 2.23 bits per heavy atom. The van der Waals surface area contributed by atoms with E-state index in [4.69, 9.17) is 5.73 Å². The second kappa shape index (κ2) is 5.36. The van der Waals surface area contributed by atoms with Crippen LogP contribution in [0.1, 0.15) is 6.42 Å². The molecule has 0 aliphatic carbocycles. The Kier molecular flexibility index (Phi) is 4.83. The van der Waals surface area contributed by atoms with Gasteiger partial charge in [0, 0.05) is 34.1 Å². The number of amides is 3. The lowest BCUT2D eigenvalue weighted by Crippen LogP contribution is -2.47. The van der Waals surface area contributed by atoms with E-state index in [1.165, 1.54) is 12.1 Å². The van der Waals surface area contributed by atoms with Crippen molar-refractivity contribution in [3.63, 3.8) is 0 Å². The van der Waals surface area contributed by atoms with Crippen LogP contribution in [0.4, 0.5) is 4.79 Å². The number of nitrogens with zero attached hydrogens (tertiary/aromatic N) is 2. The molecular formula is C7H16N4O2. The minimum atomic E-state index is -0.421. The number of hydrogen-bond acceptors (Lipinski definition) is 3. The molecule has 0 aromatic rings. The first-order valence-electron chi connectivity index (χ1n) is 3.93. The predicted octanol–water partition coefficient (Wildman–Crippen LogP) is -1.02. The van der Waals surface area contributed by atoms with Crippen LogP contribution in [0.15, 0.2) is 0 Å². The SMILES string of the molecule is CNC(=O)N(CCC(N)=O)N(C)C. The molecule has 0 radical (unpaired) electrons. The van der Waals surface area contributed by atoms with E-state index >= 15 is 0 Å². The summed E-state index contributed by atoms with van der Waals surface area (Å²) >= 11 is 0. The molecule has 0 aliphatic rings. The van der Waals surface area contributed by atoms with Crippen molar-refractivity contribution in [1.82, 2.24) is 15.3 Å². The number of carbonyl (C=O) groups is 2. The normalized spacial score (nSPS) is 9.85. The van der Waals surface area contributed by atoms with E-state index in [1.807, 2.05) is 0 Å². The van der Waals surface area contributed by atoms with Crippen molar-refractivity contribution in [1.29, 1.82) is 0 Å². The fourth-order valence-electron chi connectivity index (χ4n) is 0.828. The average Bonchev–Trinajstić information content (AvgIpc) is 2.03. The van der Waals surface area contributed by atoms with E-state index in [9.17, 15) is 9.59 Å². The maximum atomic E-state index is 11.2. The van der Waals surface area contributed by atoms with Gasteiger partial charge in [0.2, 0.25) is 5.91 Å². The summed E-state index contributed by atoms with van der Waals surface area (Å²) in [6.45, 7) is 0.294. The van der Waals surface area contributed by atoms with Gasteiger partial charge >= 0.3 is 6.03 Å². The number of nitrogens with one attached hydrogen (secondary N) is 1. The minimum absolute atomic E-state index is 0.158. The first-order chi connectivity index (χ1) is 5.99. The van der Waals surface area contributed by atoms with Gasteiger partial charge in [-0.3, -0.25) is 9.80 Å². The highest BCUT2D eigenvalue weighted by atomic mass is 16.2. The molecule has 0 unspecified atom stereocenters. The van der Waals surface area contributed by atoms with Gasteiger partial charge < -0.3 is 11.1 Å². The Hall–Kier alpha value is -1.30. The average molecular weight is 188 g/mol. The molecule has 0 bridgehead atoms. The number of rotatable bonds is 4. The number of nitrogens with two attached hydrogens (primary N) is 1. The first kappa shape index (κ1) is 11.7. The molecule has 0 aliphatic heterocycles. The smallest absolute Gasteiger partial charge is 0.331 e. The van der Waals surface area contributed by atoms with Crippen molar-refractivity contribution in [3.05, 3.63) is 0 Å². The van der Waals surface area contributed by atoms with E-state index < -0.39 is 5.91 Å². The Bertz CT molecular complexity index is 193. The summed E-state index contributed by atoms with van der Waals surface area (Å²) in [5, 5.41) is 5.46. The molecule has 0 atom stereocenters. The Labute approximate surface area is 77.6 Å². The Morgan fingerprint density at radius 1 is 1.38 bits per heavy atom. The van der Waals surface area contributed by atoms with Crippen LogP contribution < -0.4 is 11.1 Å². The zero-order chi connectivity index (χ0) is 10.4. The third-order valence-electron chi connectivity index (χ3n) is 1.50. The Morgan fingerprint density at radius 2 is 1.92 bits per heavy atom. The number of hydrogen-bond donors (Lipinski definition) is 2. The zero-order valence-electron chi connectivity index (χ0n) is 8.20. The molecule has 0 spiro atoms. The molecule has 0 rings (SSSR count). The number of urea groups is 1. The largest absolute Gasteiger partial charge is 0.370 e. The number of carbonyl (C=O) groups excluding carboxylic acids is 2. The van der Waals surface area contributed by atoms with E-state index in [2.05, 4.69) is 5.32 Å². The molecule has 3 amide bonds. The topological polar surface area (TPSA) is 78.7 Å². The lowest BCUT2D eigenvalue weighted by molar-refractivity contribution is -0.118. The van der Waals surface area contributed by atoms with Crippen molar-refractivity contribution in [2.75, 3.05) is 27.7 Å². The van der Waals surface area contributed by atoms with Crippen LogP contribution in [-0.4, -0.2) is 49.6 Å². The second-order valence-electron chi connectivity index (χ2n) is 2.74. The van der Waals surface area contributed by atoms with E-state index in [0.29, 0.717) is 6.54 Å². The third-order valence-corrected chi connectivity index (χ3v) is 1.50. The van der Waals surface area contributed by atoms with Gasteiger partial charge in [-0.15, -0.1) is 0 Å². The summed E-state index contributed by atoms with van der Waals surface area (Å²) in [6.07, 6.45) is 0.158. The second-order valence-corrected chi connectivity index (χ2v) is 2.74. The monoisotopic (exact) mass is 188 g/mol. The van der Waals surface area contributed by atoms with Crippen molar-refractivity contribution in [3.8, 4) is 0 Å². The van der Waals surface area contributed by atoms with Gasteiger partial charge in [-0.25, -0.2) is 9.80 Å². The summed E-state index contributed by atoms with van der Waals surface area (Å²) in [4.78, 5) is 21.7. The van der Waals surface area contributed by atoms with Crippen molar-refractivity contribution >= 4 is 11.9 Å². The molecule has 13 heavy (non-hydrogen) atoms.